The van der Waals surface area contributed by atoms with E-state index in [1.165, 1.54) is 11.3 Å². The van der Waals surface area contributed by atoms with E-state index in [-0.39, 0.29) is 17.7 Å². The lowest BCUT2D eigenvalue weighted by Gasteiger charge is -2.30. The van der Waals surface area contributed by atoms with Crippen LogP contribution in [-0.4, -0.2) is 39.9 Å². The van der Waals surface area contributed by atoms with Crippen LogP contribution < -0.4 is 5.32 Å². The highest BCUT2D eigenvalue weighted by atomic mass is 32.1. The molecule has 0 bridgehead atoms. The number of hydrogen-bond acceptors (Lipinski definition) is 6. The van der Waals surface area contributed by atoms with Gasteiger partial charge in [-0.15, -0.1) is 0 Å². The SMILES string of the molecule is CCC(=O)Nc1cccc(-c2noc(C3CCN(C(=O)c4ccsc4)CC3)n2)c1. The second-order valence-electron chi connectivity index (χ2n) is 7.02. The first-order chi connectivity index (χ1) is 14.1. The molecule has 0 spiro atoms. The second kappa shape index (κ2) is 8.57. The van der Waals surface area contributed by atoms with Crippen molar-refractivity contribution in [3.8, 4) is 11.4 Å². The molecule has 3 heterocycles. The number of amides is 2. The van der Waals surface area contributed by atoms with Gasteiger partial charge in [-0.05, 0) is 36.4 Å². The number of rotatable bonds is 5. The zero-order valence-electron chi connectivity index (χ0n) is 16.1. The largest absolute Gasteiger partial charge is 0.339 e. The van der Waals surface area contributed by atoms with Crippen LogP contribution >= 0.6 is 11.3 Å². The van der Waals surface area contributed by atoms with Crippen molar-refractivity contribution in [3.05, 3.63) is 52.5 Å². The van der Waals surface area contributed by atoms with Crippen molar-refractivity contribution < 1.29 is 14.1 Å². The lowest BCUT2D eigenvalue weighted by atomic mass is 9.96. The van der Waals surface area contributed by atoms with Crippen LogP contribution in [0.3, 0.4) is 0 Å². The Bertz CT molecular complexity index is 991. The van der Waals surface area contributed by atoms with Gasteiger partial charge in [0.2, 0.25) is 17.6 Å². The number of benzene rings is 1. The fraction of sp³-hybridized carbons (Fsp3) is 0.333. The predicted octanol–water partition coefficient (Wildman–Crippen LogP) is 4.17. The van der Waals surface area contributed by atoms with E-state index in [0.717, 1.165) is 24.0 Å². The molecule has 0 atom stereocenters. The third kappa shape index (κ3) is 4.37. The summed E-state index contributed by atoms with van der Waals surface area (Å²) in [4.78, 5) is 30.5. The Labute approximate surface area is 172 Å². The lowest BCUT2D eigenvalue weighted by molar-refractivity contribution is -0.115. The van der Waals surface area contributed by atoms with Crippen LogP contribution in [-0.2, 0) is 4.79 Å². The van der Waals surface area contributed by atoms with Crippen molar-refractivity contribution in [1.29, 1.82) is 0 Å². The Morgan fingerprint density at radius 2 is 2.10 bits per heavy atom. The average Bonchev–Trinajstić information content (AvgIpc) is 3.46. The van der Waals surface area contributed by atoms with Crippen LogP contribution in [0.1, 0.15) is 48.4 Å². The number of piperidine rings is 1. The molecule has 0 radical (unpaired) electrons. The average molecular weight is 410 g/mol. The third-order valence-corrected chi connectivity index (χ3v) is 5.75. The molecule has 1 aliphatic rings. The second-order valence-corrected chi connectivity index (χ2v) is 7.80. The van der Waals surface area contributed by atoms with Gasteiger partial charge in [-0.25, -0.2) is 0 Å². The molecular weight excluding hydrogens is 388 g/mol. The Morgan fingerprint density at radius 1 is 1.28 bits per heavy atom. The number of likely N-dealkylation sites (tertiary alicyclic amines) is 1. The molecule has 3 aromatic rings. The number of nitrogens with zero attached hydrogens (tertiary/aromatic N) is 3. The molecule has 8 heteroatoms. The first kappa shape index (κ1) is 19.3. The molecule has 1 fully saturated rings. The van der Waals surface area contributed by atoms with Gasteiger partial charge in [-0.2, -0.15) is 16.3 Å². The normalized spacial score (nSPS) is 14.7. The minimum Gasteiger partial charge on any atom is -0.339 e. The fourth-order valence-corrected chi connectivity index (χ4v) is 4.03. The quantitative estimate of drug-likeness (QED) is 0.682. The monoisotopic (exact) mass is 410 g/mol. The smallest absolute Gasteiger partial charge is 0.254 e. The molecule has 2 amide bonds. The lowest BCUT2D eigenvalue weighted by Crippen LogP contribution is -2.37. The maximum Gasteiger partial charge on any atom is 0.254 e. The summed E-state index contributed by atoms with van der Waals surface area (Å²) < 4.78 is 5.52. The van der Waals surface area contributed by atoms with E-state index in [4.69, 9.17) is 4.52 Å². The van der Waals surface area contributed by atoms with Gasteiger partial charge in [-0.1, -0.05) is 24.2 Å². The number of nitrogens with one attached hydrogen (secondary N) is 1. The number of aromatic nitrogens is 2. The van der Waals surface area contributed by atoms with Crippen LogP contribution in [0.2, 0.25) is 0 Å². The van der Waals surface area contributed by atoms with Crippen molar-refractivity contribution in [2.75, 3.05) is 18.4 Å². The van der Waals surface area contributed by atoms with Crippen LogP contribution in [0.5, 0.6) is 0 Å². The number of carbonyl (C=O) groups is 2. The Kier molecular flexibility index (Phi) is 5.71. The maximum absolute atomic E-state index is 12.5. The van der Waals surface area contributed by atoms with Crippen molar-refractivity contribution in [2.45, 2.75) is 32.1 Å². The highest BCUT2D eigenvalue weighted by Gasteiger charge is 2.28. The molecule has 2 aromatic heterocycles. The Morgan fingerprint density at radius 3 is 2.83 bits per heavy atom. The molecule has 0 aliphatic carbocycles. The minimum absolute atomic E-state index is 0.0419. The summed E-state index contributed by atoms with van der Waals surface area (Å²) in [5, 5.41) is 10.8. The number of carbonyl (C=O) groups excluding carboxylic acids is 2. The molecule has 4 rings (SSSR count). The van der Waals surface area contributed by atoms with Crippen molar-refractivity contribution in [1.82, 2.24) is 15.0 Å². The van der Waals surface area contributed by atoms with E-state index >= 15 is 0 Å². The van der Waals surface area contributed by atoms with Crippen molar-refractivity contribution in [2.24, 2.45) is 0 Å². The maximum atomic E-state index is 12.5. The standard InChI is InChI=1S/C21H22N4O3S/c1-2-18(26)22-17-5-3-4-15(12-17)19-23-20(28-24-19)14-6-9-25(10-7-14)21(27)16-8-11-29-13-16/h3-5,8,11-14H,2,6-7,9-10H2,1H3,(H,22,26). The third-order valence-electron chi connectivity index (χ3n) is 5.07. The van der Waals surface area contributed by atoms with Gasteiger partial charge in [0, 0.05) is 42.1 Å². The summed E-state index contributed by atoms with van der Waals surface area (Å²) in [6.07, 6.45) is 2.01. The summed E-state index contributed by atoms with van der Waals surface area (Å²) in [5.74, 6) is 1.29. The topological polar surface area (TPSA) is 88.3 Å². The van der Waals surface area contributed by atoms with E-state index in [1.54, 1.807) is 0 Å². The van der Waals surface area contributed by atoms with Gasteiger partial charge in [0.1, 0.15) is 0 Å². The molecule has 0 unspecified atom stereocenters. The molecule has 29 heavy (non-hydrogen) atoms. The summed E-state index contributed by atoms with van der Waals surface area (Å²) >= 11 is 1.53. The van der Waals surface area contributed by atoms with Gasteiger partial charge < -0.3 is 14.7 Å². The van der Waals surface area contributed by atoms with Crippen molar-refractivity contribution in [3.63, 3.8) is 0 Å². The number of thiophene rings is 1. The summed E-state index contributed by atoms with van der Waals surface area (Å²) in [6.45, 7) is 3.16. The van der Waals surface area contributed by atoms with Gasteiger partial charge >= 0.3 is 0 Å². The summed E-state index contributed by atoms with van der Waals surface area (Å²) in [7, 11) is 0. The van der Waals surface area contributed by atoms with Crippen LogP contribution in [0, 0.1) is 0 Å². The molecule has 1 aliphatic heterocycles. The molecule has 1 saturated heterocycles. The van der Waals surface area contributed by atoms with Crippen LogP contribution in [0.4, 0.5) is 5.69 Å². The van der Waals surface area contributed by atoms with Gasteiger partial charge in [0.05, 0.1) is 5.56 Å². The number of anilines is 1. The van der Waals surface area contributed by atoms with Gasteiger partial charge in [-0.3, -0.25) is 9.59 Å². The van der Waals surface area contributed by atoms with Crippen molar-refractivity contribution >= 4 is 28.8 Å². The first-order valence-electron chi connectivity index (χ1n) is 9.69. The Hall–Kier alpha value is -3.00. The first-order valence-corrected chi connectivity index (χ1v) is 10.6. The molecule has 150 valence electrons. The fourth-order valence-electron chi connectivity index (χ4n) is 3.40. The van der Waals surface area contributed by atoms with Gasteiger partial charge in [0.25, 0.3) is 5.91 Å². The van der Waals surface area contributed by atoms with E-state index < -0.39 is 0 Å². The Balaban J connectivity index is 1.40. The van der Waals surface area contributed by atoms with Crippen LogP contribution in [0.25, 0.3) is 11.4 Å². The highest BCUT2D eigenvalue weighted by Crippen LogP contribution is 2.30. The van der Waals surface area contributed by atoms with Crippen LogP contribution in [0.15, 0.2) is 45.6 Å². The summed E-state index contributed by atoms with van der Waals surface area (Å²) in [5.41, 5.74) is 2.25. The zero-order chi connectivity index (χ0) is 20.2. The van der Waals surface area contributed by atoms with E-state index in [2.05, 4.69) is 15.5 Å². The molecule has 1 aromatic carbocycles. The highest BCUT2D eigenvalue weighted by molar-refractivity contribution is 7.08. The minimum atomic E-state index is -0.0419. The molecular formula is C21H22N4O3S. The predicted molar refractivity (Wildman–Crippen MR) is 111 cm³/mol. The van der Waals surface area contributed by atoms with E-state index in [9.17, 15) is 9.59 Å². The molecule has 7 nitrogen and oxygen atoms in total. The number of hydrogen-bond donors (Lipinski definition) is 1. The van der Waals surface area contributed by atoms with Gasteiger partial charge in [0.15, 0.2) is 0 Å². The summed E-state index contributed by atoms with van der Waals surface area (Å²) in [6, 6.07) is 9.27. The van der Waals surface area contributed by atoms with E-state index in [1.807, 2.05) is 52.9 Å². The molecule has 1 N–H and O–H groups in total. The molecule has 0 saturated carbocycles. The zero-order valence-corrected chi connectivity index (χ0v) is 16.9. The van der Waals surface area contributed by atoms with E-state index in [0.29, 0.717) is 36.9 Å².